The molecule has 1 aliphatic heterocycles. The summed E-state index contributed by atoms with van der Waals surface area (Å²) in [6.07, 6.45) is 3.19. The smallest absolute Gasteiger partial charge is 0.153 e. The molecule has 0 aliphatic carbocycles. The van der Waals surface area contributed by atoms with Gasteiger partial charge in [0, 0.05) is 6.07 Å². The lowest BCUT2D eigenvalue weighted by Gasteiger charge is -2.33. The number of hydrogen-bond donors (Lipinski definition) is 2. The zero-order valence-electron chi connectivity index (χ0n) is 10.2. The van der Waals surface area contributed by atoms with E-state index in [0.29, 0.717) is 11.3 Å². The number of nitrogens with one attached hydrogen (secondary N) is 2. The Bertz CT molecular complexity index is 585. The second kappa shape index (κ2) is 4.02. The largest absolute Gasteiger partial charge is 0.340 e. The van der Waals surface area contributed by atoms with Crippen molar-refractivity contribution in [2.45, 2.75) is 31.7 Å². The van der Waals surface area contributed by atoms with Crippen LogP contribution in [0.25, 0.3) is 11.0 Å². The molecule has 0 saturated carbocycles. The van der Waals surface area contributed by atoms with E-state index in [0.717, 1.165) is 31.9 Å². The van der Waals surface area contributed by atoms with Gasteiger partial charge in [0.25, 0.3) is 0 Å². The van der Waals surface area contributed by atoms with Crippen molar-refractivity contribution in [2.24, 2.45) is 0 Å². The molecule has 2 aromatic rings. The quantitative estimate of drug-likeness (QED) is 0.818. The fraction of sp³-hybridized carbons (Fsp3) is 0.462. The third kappa shape index (κ3) is 1.79. The van der Waals surface area contributed by atoms with Gasteiger partial charge in [-0.2, -0.15) is 0 Å². The van der Waals surface area contributed by atoms with E-state index in [4.69, 9.17) is 0 Å². The van der Waals surface area contributed by atoms with E-state index in [2.05, 4.69) is 15.3 Å². The number of aromatic amines is 1. The summed E-state index contributed by atoms with van der Waals surface area (Å²) in [6, 6.07) is 2.14. The molecule has 1 aliphatic rings. The Labute approximate surface area is 104 Å². The molecule has 1 aromatic carbocycles. The molecule has 1 atom stereocenters. The zero-order valence-corrected chi connectivity index (χ0v) is 10.2. The highest BCUT2D eigenvalue weighted by molar-refractivity contribution is 5.76. The van der Waals surface area contributed by atoms with Crippen molar-refractivity contribution < 1.29 is 8.78 Å². The number of nitrogens with zero attached hydrogens (tertiary/aromatic N) is 1. The standard InChI is InChI=1S/C13H15F2N3/c1-13(4-2-3-5-16-13)12-17-10-7-8(14)6-9(15)11(10)18-12/h6-7,16H,2-5H2,1H3,(H,17,18). The molecule has 2 heterocycles. The first-order chi connectivity index (χ1) is 8.58. The molecule has 1 fully saturated rings. The minimum Gasteiger partial charge on any atom is -0.340 e. The maximum Gasteiger partial charge on any atom is 0.153 e. The minimum absolute atomic E-state index is 0.208. The molecule has 0 bridgehead atoms. The number of imidazole rings is 1. The van der Waals surface area contributed by atoms with E-state index in [1.54, 1.807) is 0 Å². The molecule has 0 spiro atoms. The van der Waals surface area contributed by atoms with E-state index in [-0.39, 0.29) is 11.1 Å². The van der Waals surface area contributed by atoms with Crippen molar-refractivity contribution in [1.29, 1.82) is 0 Å². The minimum atomic E-state index is -0.619. The van der Waals surface area contributed by atoms with Crippen LogP contribution >= 0.6 is 0 Å². The number of halogens is 2. The molecule has 3 nitrogen and oxygen atoms in total. The van der Waals surface area contributed by atoms with E-state index in [1.165, 1.54) is 6.07 Å². The fourth-order valence-electron chi connectivity index (χ4n) is 2.56. The van der Waals surface area contributed by atoms with E-state index in [1.807, 2.05) is 6.92 Å². The van der Waals surface area contributed by atoms with E-state index < -0.39 is 11.6 Å². The van der Waals surface area contributed by atoms with Crippen molar-refractivity contribution in [3.8, 4) is 0 Å². The maximum atomic E-state index is 13.6. The van der Waals surface area contributed by atoms with Gasteiger partial charge < -0.3 is 10.3 Å². The van der Waals surface area contributed by atoms with Crippen LogP contribution in [0.15, 0.2) is 12.1 Å². The van der Waals surface area contributed by atoms with Crippen LogP contribution in [0, 0.1) is 11.6 Å². The Balaban J connectivity index is 2.10. The number of piperidine rings is 1. The van der Waals surface area contributed by atoms with Gasteiger partial charge in [-0.1, -0.05) is 0 Å². The second-order valence-corrected chi connectivity index (χ2v) is 5.09. The Morgan fingerprint density at radius 2 is 2.11 bits per heavy atom. The van der Waals surface area contributed by atoms with Gasteiger partial charge in [0.1, 0.15) is 17.2 Å². The molecule has 1 saturated heterocycles. The molecule has 3 rings (SSSR count). The predicted octanol–water partition coefficient (Wildman–Crippen LogP) is 2.83. The first kappa shape index (κ1) is 11.6. The molecular formula is C13H15F2N3. The highest BCUT2D eigenvalue weighted by atomic mass is 19.1. The lowest BCUT2D eigenvalue weighted by Crippen LogP contribution is -2.44. The summed E-state index contributed by atoms with van der Waals surface area (Å²) in [5, 5.41) is 3.40. The Morgan fingerprint density at radius 3 is 2.83 bits per heavy atom. The first-order valence-corrected chi connectivity index (χ1v) is 6.19. The van der Waals surface area contributed by atoms with Gasteiger partial charge in [0.05, 0.1) is 11.1 Å². The molecule has 18 heavy (non-hydrogen) atoms. The summed E-state index contributed by atoms with van der Waals surface area (Å²) < 4.78 is 26.8. The van der Waals surface area contributed by atoms with Crippen LogP contribution in [0.3, 0.4) is 0 Å². The lowest BCUT2D eigenvalue weighted by molar-refractivity contribution is 0.271. The normalized spacial score (nSPS) is 24.6. The Morgan fingerprint density at radius 1 is 1.28 bits per heavy atom. The summed E-state index contributed by atoms with van der Waals surface area (Å²) in [7, 11) is 0. The molecule has 1 aromatic heterocycles. The molecule has 96 valence electrons. The number of rotatable bonds is 1. The van der Waals surface area contributed by atoms with Crippen molar-refractivity contribution >= 4 is 11.0 Å². The SMILES string of the molecule is CC1(c2nc3c(F)cc(F)cc3[nH]2)CCCCN1. The van der Waals surface area contributed by atoms with E-state index >= 15 is 0 Å². The Hall–Kier alpha value is -1.49. The van der Waals surface area contributed by atoms with Gasteiger partial charge in [0.2, 0.25) is 0 Å². The number of H-pyrrole nitrogens is 1. The van der Waals surface area contributed by atoms with Crippen molar-refractivity contribution in [3.63, 3.8) is 0 Å². The van der Waals surface area contributed by atoms with Gasteiger partial charge in [-0.3, -0.25) is 0 Å². The van der Waals surface area contributed by atoms with Crippen LogP contribution in [-0.4, -0.2) is 16.5 Å². The van der Waals surface area contributed by atoms with Gasteiger partial charge in [-0.05, 0) is 38.8 Å². The average Bonchev–Trinajstić information content (AvgIpc) is 2.74. The third-order valence-electron chi connectivity index (χ3n) is 3.65. The summed E-state index contributed by atoms with van der Waals surface area (Å²) >= 11 is 0. The molecule has 1 unspecified atom stereocenters. The molecule has 5 heteroatoms. The van der Waals surface area contributed by atoms with Crippen molar-refractivity contribution in [1.82, 2.24) is 15.3 Å². The maximum absolute atomic E-state index is 13.6. The molecular weight excluding hydrogens is 236 g/mol. The second-order valence-electron chi connectivity index (χ2n) is 5.09. The van der Waals surface area contributed by atoms with Crippen LogP contribution in [0.2, 0.25) is 0 Å². The summed E-state index contributed by atoms with van der Waals surface area (Å²) in [5.41, 5.74) is 0.344. The first-order valence-electron chi connectivity index (χ1n) is 6.19. The number of aromatic nitrogens is 2. The topological polar surface area (TPSA) is 40.7 Å². The van der Waals surface area contributed by atoms with Crippen molar-refractivity contribution in [2.75, 3.05) is 6.54 Å². The predicted molar refractivity (Wildman–Crippen MR) is 65.2 cm³/mol. The van der Waals surface area contributed by atoms with Crippen LogP contribution in [-0.2, 0) is 5.54 Å². The van der Waals surface area contributed by atoms with Crippen LogP contribution < -0.4 is 5.32 Å². The van der Waals surface area contributed by atoms with E-state index in [9.17, 15) is 8.78 Å². The van der Waals surface area contributed by atoms with Crippen molar-refractivity contribution in [3.05, 3.63) is 29.6 Å². The number of fused-ring (bicyclic) bond motifs is 1. The van der Waals surface area contributed by atoms with Crippen LogP contribution in [0.1, 0.15) is 32.0 Å². The fourth-order valence-corrected chi connectivity index (χ4v) is 2.56. The molecule has 0 radical (unpaired) electrons. The van der Waals surface area contributed by atoms with Gasteiger partial charge in [-0.25, -0.2) is 13.8 Å². The molecule has 2 N–H and O–H groups in total. The summed E-state index contributed by atoms with van der Waals surface area (Å²) in [6.45, 7) is 2.96. The summed E-state index contributed by atoms with van der Waals surface area (Å²) in [4.78, 5) is 7.32. The Kier molecular flexibility index (Phi) is 2.59. The van der Waals surface area contributed by atoms with Gasteiger partial charge >= 0.3 is 0 Å². The lowest BCUT2D eigenvalue weighted by atomic mass is 9.90. The highest BCUT2D eigenvalue weighted by Crippen LogP contribution is 2.30. The number of hydrogen-bond acceptors (Lipinski definition) is 2. The summed E-state index contributed by atoms with van der Waals surface area (Å²) in [5.74, 6) is -0.523. The van der Waals surface area contributed by atoms with Crippen LogP contribution in [0.4, 0.5) is 8.78 Å². The third-order valence-corrected chi connectivity index (χ3v) is 3.65. The van der Waals surface area contributed by atoms with Crippen LogP contribution in [0.5, 0.6) is 0 Å². The zero-order chi connectivity index (χ0) is 12.8. The average molecular weight is 251 g/mol. The highest BCUT2D eigenvalue weighted by Gasteiger charge is 2.31. The molecule has 0 amide bonds. The van der Waals surface area contributed by atoms with Gasteiger partial charge in [-0.15, -0.1) is 0 Å². The monoisotopic (exact) mass is 251 g/mol. The number of benzene rings is 1. The van der Waals surface area contributed by atoms with Gasteiger partial charge in [0.15, 0.2) is 5.82 Å².